The molecule has 1 aromatic rings. The van der Waals surface area contributed by atoms with Crippen molar-refractivity contribution in [1.82, 2.24) is 10.2 Å². The first-order valence-electron chi connectivity index (χ1n) is 10.7. The Morgan fingerprint density at radius 1 is 1.29 bits per heavy atom. The van der Waals surface area contributed by atoms with Crippen molar-refractivity contribution in [2.45, 2.75) is 49.9 Å². The molecule has 0 aromatic heterocycles. The predicted molar refractivity (Wildman–Crippen MR) is 114 cm³/mol. The van der Waals surface area contributed by atoms with Crippen LogP contribution in [0.2, 0.25) is 5.02 Å². The van der Waals surface area contributed by atoms with Gasteiger partial charge < -0.3 is 25.4 Å². The Morgan fingerprint density at radius 2 is 2.03 bits per heavy atom. The van der Waals surface area contributed by atoms with Crippen molar-refractivity contribution >= 4 is 35.0 Å². The van der Waals surface area contributed by atoms with Crippen LogP contribution in [0.3, 0.4) is 0 Å². The number of anilines is 1. The van der Waals surface area contributed by atoms with Gasteiger partial charge in [0, 0.05) is 20.2 Å². The summed E-state index contributed by atoms with van der Waals surface area (Å²) in [6.45, 7) is 2.04. The minimum atomic E-state index is -1.08. The summed E-state index contributed by atoms with van der Waals surface area (Å²) in [6, 6.07) is 5.98. The number of hydrogen-bond acceptors (Lipinski definition) is 5. The van der Waals surface area contributed by atoms with Gasteiger partial charge in [0.2, 0.25) is 17.7 Å². The quantitative estimate of drug-likeness (QED) is 0.585. The van der Waals surface area contributed by atoms with E-state index >= 15 is 0 Å². The summed E-state index contributed by atoms with van der Waals surface area (Å²) >= 11 is 6.23. The van der Waals surface area contributed by atoms with Gasteiger partial charge in [-0.15, -0.1) is 0 Å². The number of aliphatic hydroxyl groups excluding tert-OH is 1. The van der Waals surface area contributed by atoms with Crippen molar-refractivity contribution in [2.75, 3.05) is 25.5 Å². The van der Waals surface area contributed by atoms with Gasteiger partial charge in [0.1, 0.15) is 11.6 Å². The summed E-state index contributed by atoms with van der Waals surface area (Å²) < 4.78 is 6.56. The standard InChI is InChI=1S/C22H28ClN3O5/c1-3-21-9-10-22(31-21)16(15(21)18(28)24-2)20(30)26(11-6-12-27)17(22)19(29)25-14-8-5-4-7-13(14)23/h4-5,7-8,15-17,27H,3,6,9-12H2,1-2H3,(H,24,28)(H,25,29)/t15-,16+,17?,21+,22?/m1/s1. The molecule has 3 N–H and O–H groups in total. The highest BCUT2D eigenvalue weighted by Crippen LogP contribution is 2.64. The average molecular weight is 450 g/mol. The van der Waals surface area contributed by atoms with Crippen molar-refractivity contribution in [2.24, 2.45) is 11.8 Å². The van der Waals surface area contributed by atoms with E-state index in [9.17, 15) is 19.5 Å². The Hall–Kier alpha value is -2.16. The Bertz CT molecular complexity index is 911. The largest absolute Gasteiger partial charge is 0.396 e. The number of fused-ring (bicyclic) bond motifs is 1. The van der Waals surface area contributed by atoms with Gasteiger partial charge in [0.15, 0.2) is 0 Å². The molecule has 5 atom stereocenters. The molecule has 8 nitrogen and oxygen atoms in total. The van der Waals surface area contributed by atoms with E-state index in [1.54, 1.807) is 31.3 Å². The van der Waals surface area contributed by atoms with Crippen LogP contribution in [0.15, 0.2) is 24.3 Å². The first kappa shape index (κ1) is 22.0. The molecule has 1 spiro atoms. The first-order chi connectivity index (χ1) is 14.8. The minimum absolute atomic E-state index is 0.112. The first-order valence-corrected chi connectivity index (χ1v) is 11.1. The zero-order valence-electron chi connectivity index (χ0n) is 17.7. The highest BCUT2D eigenvalue weighted by molar-refractivity contribution is 6.33. The third kappa shape index (κ3) is 3.15. The normalized spacial score (nSPS) is 33.5. The van der Waals surface area contributed by atoms with Crippen LogP contribution in [-0.2, 0) is 19.1 Å². The van der Waals surface area contributed by atoms with Crippen LogP contribution in [-0.4, -0.2) is 65.2 Å². The fourth-order valence-corrected chi connectivity index (χ4v) is 6.00. The number of halogens is 1. The molecule has 168 valence electrons. The van der Waals surface area contributed by atoms with Crippen molar-refractivity contribution in [1.29, 1.82) is 0 Å². The van der Waals surface area contributed by atoms with Crippen LogP contribution in [0.1, 0.15) is 32.6 Å². The van der Waals surface area contributed by atoms with Crippen LogP contribution in [0.25, 0.3) is 0 Å². The van der Waals surface area contributed by atoms with Crippen LogP contribution in [0.5, 0.6) is 0 Å². The molecule has 3 amide bonds. The number of amides is 3. The molecule has 3 heterocycles. The van der Waals surface area contributed by atoms with Crippen LogP contribution in [0.4, 0.5) is 5.69 Å². The van der Waals surface area contributed by atoms with E-state index in [0.29, 0.717) is 36.4 Å². The average Bonchev–Trinajstić information content (AvgIpc) is 3.37. The fourth-order valence-electron chi connectivity index (χ4n) is 5.82. The number of likely N-dealkylation sites (tertiary alicyclic amines) is 1. The molecule has 2 unspecified atom stereocenters. The molecular weight excluding hydrogens is 422 g/mol. The zero-order chi connectivity index (χ0) is 22.4. The third-order valence-corrected chi connectivity index (χ3v) is 7.48. The van der Waals surface area contributed by atoms with Gasteiger partial charge in [0.25, 0.3) is 0 Å². The van der Waals surface area contributed by atoms with E-state index in [1.165, 1.54) is 4.90 Å². The minimum Gasteiger partial charge on any atom is -0.396 e. The highest BCUT2D eigenvalue weighted by atomic mass is 35.5. The van der Waals surface area contributed by atoms with Crippen molar-refractivity contribution < 1.29 is 24.2 Å². The molecule has 4 rings (SSSR count). The Labute approximate surface area is 186 Å². The fraction of sp³-hybridized carbons (Fsp3) is 0.591. The second-order valence-corrected chi connectivity index (χ2v) is 8.93. The lowest BCUT2D eigenvalue weighted by Crippen LogP contribution is -2.53. The number of nitrogens with zero attached hydrogens (tertiary/aromatic N) is 1. The summed E-state index contributed by atoms with van der Waals surface area (Å²) in [5, 5.41) is 15.3. The molecule has 31 heavy (non-hydrogen) atoms. The molecule has 3 aliphatic heterocycles. The second-order valence-electron chi connectivity index (χ2n) is 8.53. The summed E-state index contributed by atoms with van der Waals surface area (Å²) in [5.74, 6) is -2.29. The van der Waals surface area contributed by atoms with Crippen molar-refractivity contribution in [3.8, 4) is 0 Å². The van der Waals surface area contributed by atoms with Crippen LogP contribution < -0.4 is 10.6 Å². The van der Waals surface area contributed by atoms with E-state index < -0.39 is 35.0 Å². The van der Waals surface area contributed by atoms with E-state index in [0.717, 1.165) is 0 Å². The molecule has 0 radical (unpaired) electrons. The van der Waals surface area contributed by atoms with E-state index in [1.807, 2.05) is 6.92 Å². The van der Waals surface area contributed by atoms with E-state index in [4.69, 9.17) is 16.3 Å². The van der Waals surface area contributed by atoms with Gasteiger partial charge in [-0.05, 0) is 37.8 Å². The van der Waals surface area contributed by atoms with Gasteiger partial charge in [-0.2, -0.15) is 0 Å². The lowest BCUT2D eigenvalue weighted by atomic mass is 9.65. The number of hydrogen-bond donors (Lipinski definition) is 3. The number of para-hydroxylation sites is 1. The Morgan fingerprint density at radius 3 is 2.68 bits per heavy atom. The number of rotatable bonds is 7. The predicted octanol–water partition coefficient (Wildman–Crippen LogP) is 1.56. The lowest BCUT2D eigenvalue weighted by Gasteiger charge is -2.33. The summed E-state index contributed by atoms with van der Waals surface area (Å²) in [4.78, 5) is 41.5. The zero-order valence-corrected chi connectivity index (χ0v) is 18.4. The maximum atomic E-state index is 13.6. The van der Waals surface area contributed by atoms with E-state index in [-0.39, 0.29) is 25.0 Å². The summed E-state index contributed by atoms with van der Waals surface area (Å²) in [7, 11) is 1.55. The van der Waals surface area contributed by atoms with E-state index in [2.05, 4.69) is 10.6 Å². The molecule has 0 saturated carbocycles. The number of benzene rings is 1. The van der Waals surface area contributed by atoms with Gasteiger partial charge >= 0.3 is 0 Å². The SMILES string of the molecule is CC[C@@]12CCC3(O1)C(C(=O)Nc1ccccc1Cl)N(CCCO)C(=O)[C@@H]3[C@@H]2C(=O)NC. The second kappa shape index (κ2) is 8.07. The van der Waals surface area contributed by atoms with Gasteiger partial charge in [-0.25, -0.2) is 0 Å². The summed E-state index contributed by atoms with van der Waals surface area (Å²) in [6.07, 6.45) is 2.02. The molecule has 2 bridgehead atoms. The van der Waals surface area contributed by atoms with Crippen LogP contribution in [0, 0.1) is 11.8 Å². The number of nitrogens with one attached hydrogen (secondary N) is 2. The van der Waals surface area contributed by atoms with Crippen molar-refractivity contribution in [3.63, 3.8) is 0 Å². The van der Waals surface area contributed by atoms with Gasteiger partial charge in [-0.3, -0.25) is 14.4 Å². The number of aliphatic hydroxyl groups is 1. The molecule has 3 fully saturated rings. The monoisotopic (exact) mass is 449 g/mol. The third-order valence-electron chi connectivity index (χ3n) is 7.15. The smallest absolute Gasteiger partial charge is 0.250 e. The maximum absolute atomic E-state index is 13.6. The Balaban J connectivity index is 1.75. The Kier molecular flexibility index (Phi) is 5.74. The number of carbonyl (C=O) groups excluding carboxylic acids is 3. The molecule has 9 heteroatoms. The molecular formula is C22H28ClN3O5. The van der Waals surface area contributed by atoms with Gasteiger partial charge in [-0.1, -0.05) is 30.7 Å². The van der Waals surface area contributed by atoms with Crippen LogP contribution >= 0.6 is 11.6 Å². The molecule has 3 aliphatic rings. The highest BCUT2D eigenvalue weighted by Gasteiger charge is 2.78. The molecule has 1 aromatic carbocycles. The topological polar surface area (TPSA) is 108 Å². The lowest BCUT2D eigenvalue weighted by molar-refractivity contribution is -0.146. The number of carbonyl (C=O) groups is 3. The maximum Gasteiger partial charge on any atom is 0.250 e. The number of ether oxygens (including phenoxy) is 1. The van der Waals surface area contributed by atoms with Crippen molar-refractivity contribution in [3.05, 3.63) is 29.3 Å². The summed E-state index contributed by atoms with van der Waals surface area (Å²) in [5.41, 5.74) is -1.39. The van der Waals surface area contributed by atoms with Gasteiger partial charge in [0.05, 0.1) is 28.1 Å². The molecule has 3 saturated heterocycles. The molecule has 0 aliphatic carbocycles.